The summed E-state index contributed by atoms with van der Waals surface area (Å²) < 4.78 is 0. The van der Waals surface area contributed by atoms with Crippen molar-refractivity contribution in [2.45, 2.75) is 41.0 Å². The number of rotatable bonds is 5. The van der Waals surface area contributed by atoms with Gasteiger partial charge in [0.15, 0.2) is 0 Å². The van der Waals surface area contributed by atoms with Crippen LogP contribution in [0, 0.1) is 24.2 Å². The van der Waals surface area contributed by atoms with Crippen LogP contribution in [0.25, 0.3) is 5.57 Å². The molecule has 0 saturated heterocycles. The van der Waals surface area contributed by atoms with E-state index in [0.29, 0.717) is 11.8 Å². The molecule has 2 atom stereocenters. The average Bonchev–Trinajstić information content (AvgIpc) is 2.47. The van der Waals surface area contributed by atoms with Gasteiger partial charge >= 0.3 is 0 Å². The lowest BCUT2D eigenvalue weighted by atomic mass is 9.62. The highest BCUT2D eigenvalue weighted by molar-refractivity contribution is 5.71. The Kier molecular flexibility index (Phi) is 5.63. The predicted octanol–water partition coefficient (Wildman–Crippen LogP) is 5.23. The van der Waals surface area contributed by atoms with E-state index in [-0.39, 0.29) is 5.41 Å². The summed E-state index contributed by atoms with van der Waals surface area (Å²) in [6.07, 6.45) is 8.38. The van der Waals surface area contributed by atoms with Gasteiger partial charge in [-0.2, -0.15) is 0 Å². The maximum absolute atomic E-state index is 3.38. The van der Waals surface area contributed by atoms with Gasteiger partial charge in [0.2, 0.25) is 0 Å². The summed E-state index contributed by atoms with van der Waals surface area (Å²) in [4.78, 5) is 0. The lowest BCUT2D eigenvalue weighted by Crippen LogP contribution is -2.32. The highest BCUT2D eigenvalue weighted by atomic mass is 14.8. The van der Waals surface area contributed by atoms with Crippen LogP contribution >= 0.6 is 0 Å². The molecule has 0 aromatic heterocycles. The third-order valence-corrected chi connectivity index (χ3v) is 5.05. The van der Waals surface area contributed by atoms with E-state index in [2.05, 4.69) is 82.4 Å². The summed E-state index contributed by atoms with van der Waals surface area (Å²) in [5, 5.41) is 3.38. The van der Waals surface area contributed by atoms with Crippen molar-refractivity contribution in [1.82, 2.24) is 5.32 Å². The fourth-order valence-electron chi connectivity index (χ4n) is 3.70. The molecule has 0 heterocycles. The minimum Gasteiger partial charge on any atom is -0.314 e. The molecule has 0 radical (unpaired) electrons. The summed E-state index contributed by atoms with van der Waals surface area (Å²) in [5.41, 5.74) is 4.39. The van der Waals surface area contributed by atoms with Crippen molar-refractivity contribution >= 4 is 5.57 Å². The van der Waals surface area contributed by atoms with Crippen LogP contribution in [-0.4, -0.2) is 13.1 Å². The summed E-state index contributed by atoms with van der Waals surface area (Å²) in [6.45, 7) is 13.5. The molecule has 1 aromatic carbocycles. The quantitative estimate of drug-likeness (QED) is 0.580. The maximum Gasteiger partial charge on any atom is 0.0134 e. The largest absolute Gasteiger partial charge is 0.314 e. The Labute approximate surface area is 136 Å². The van der Waals surface area contributed by atoms with Crippen molar-refractivity contribution in [3.05, 3.63) is 53.6 Å². The standard InChI is InChI=1S/C21H31N/c1-6-22-15-7-8-19-17(3)11-14-20(21(19,4)5)18-12-9-16(2)10-13-18/h7-10,12-14,17,19,22H,6,11,15H2,1-5H3/t17-,19?/m1/s1. The number of nitrogens with one attached hydrogen (secondary N) is 1. The Bertz CT molecular complexity index is 534. The van der Waals surface area contributed by atoms with E-state index in [0.717, 1.165) is 13.1 Å². The van der Waals surface area contributed by atoms with Crippen LogP contribution in [0.15, 0.2) is 42.5 Å². The second-order valence-electron chi connectivity index (χ2n) is 7.18. The van der Waals surface area contributed by atoms with E-state index in [1.54, 1.807) is 0 Å². The summed E-state index contributed by atoms with van der Waals surface area (Å²) in [6, 6.07) is 9.00. The molecular formula is C21H31N. The van der Waals surface area contributed by atoms with Gasteiger partial charge in [-0.25, -0.2) is 0 Å². The normalized spacial score (nSPS) is 24.5. The van der Waals surface area contributed by atoms with Crippen molar-refractivity contribution in [2.75, 3.05) is 13.1 Å². The van der Waals surface area contributed by atoms with Crippen LogP contribution in [0.5, 0.6) is 0 Å². The van der Waals surface area contributed by atoms with Crippen LogP contribution in [0.2, 0.25) is 0 Å². The van der Waals surface area contributed by atoms with Gasteiger partial charge in [0, 0.05) is 6.54 Å². The van der Waals surface area contributed by atoms with Gasteiger partial charge in [-0.15, -0.1) is 0 Å². The average molecular weight is 297 g/mol. The van der Waals surface area contributed by atoms with Crippen LogP contribution in [0.1, 0.15) is 45.2 Å². The van der Waals surface area contributed by atoms with Gasteiger partial charge in [0.1, 0.15) is 0 Å². The van der Waals surface area contributed by atoms with E-state index in [1.165, 1.54) is 23.1 Å². The molecule has 1 unspecified atom stereocenters. The number of hydrogen-bond acceptors (Lipinski definition) is 1. The first kappa shape index (κ1) is 17.0. The number of benzene rings is 1. The first-order valence-electron chi connectivity index (χ1n) is 8.62. The fourth-order valence-corrected chi connectivity index (χ4v) is 3.70. The van der Waals surface area contributed by atoms with E-state index in [9.17, 15) is 0 Å². The maximum atomic E-state index is 3.38. The van der Waals surface area contributed by atoms with Gasteiger partial charge in [-0.05, 0) is 48.3 Å². The second kappa shape index (κ2) is 7.28. The van der Waals surface area contributed by atoms with Gasteiger partial charge < -0.3 is 5.32 Å². The zero-order chi connectivity index (χ0) is 16.2. The molecule has 2 rings (SSSR count). The Morgan fingerprint density at radius 3 is 2.55 bits per heavy atom. The van der Waals surface area contributed by atoms with Crippen LogP contribution in [-0.2, 0) is 0 Å². The minimum atomic E-state index is 0.176. The number of likely N-dealkylation sites (N-methyl/N-ethyl adjacent to an activating group) is 1. The Morgan fingerprint density at radius 2 is 1.91 bits per heavy atom. The monoisotopic (exact) mass is 297 g/mol. The molecule has 22 heavy (non-hydrogen) atoms. The minimum absolute atomic E-state index is 0.176. The Hall–Kier alpha value is -1.34. The number of allylic oxidation sites excluding steroid dienone is 3. The summed E-state index contributed by atoms with van der Waals surface area (Å²) in [5.74, 6) is 1.29. The molecule has 0 spiro atoms. The second-order valence-corrected chi connectivity index (χ2v) is 7.18. The molecular weight excluding hydrogens is 266 g/mol. The molecule has 1 nitrogen and oxygen atoms in total. The number of aryl methyl sites for hydroxylation is 1. The molecule has 1 aliphatic carbocycles. The first-order valence-corrected chi connectivity index (χ1v) is 8.62. The van der Waals surface area contributed by atoms with E-state index in [4.69, 9.17) is 0 Å². The third kappa shape index (κ3) is 3.70. The highest BCUT2D eigenvalue weighted by Gasteiger charge is 2.38. The molecule has 0 aliphatic heterocycles. The Balaban J connectivity index is 2.25. The lowest BCUT2D eigenvalue weighted by Gasteiger charge is -2.42. The molecule has 0 fully saturated rings. The zero-order valence-corrected chi connectivity index (χ0v) is 14.8. The van der Waals surface area contributed by atoms with Gasteiger partial charge in [0.05, 0.1) is 0 Å². The molecule has 120 valence electrons. The number of hydrogen-bond donors (Lipinski definition) is 1. The molecule has 1 aromatic rings. The topological polar surface area (TPSA) is 12.0 Å². The van der Waals surface area contributed by atoms with Crippen molar-refractivity contribution in [3.63, 3.8) is 0 Å². The predicted molar refractivity (Wildman–Crippen MR) is 97.9 cm³/mol. The Morgan fingerprint density at radius 1 is 1.23 bits per heavy atom. The van der Waals surface area contributed by atoms with E-state index in [1.807, 2.05) is 0 Å². The third-order valence-electron chi connectivity index (χ3n) is 5.05. The van der Waals surface area contributed by atoms with E-state index < -0.39 is 0 Å². The van der Waals surface area contributed by atoms with Gasteiger partial charge in [-0.3, -0.25) is 0 Å². The van der Waals surface area contributed by atoms with Gasteiger partial charge in [0.25, 0.3) is 0 Å². The van der Waals surface area contributed by atoms with Crippen LogP contribution < -0.4 is 5.32 Å². The van der Waals surface area contributed by atoms with Crippen LogP contribution in [0.4, 0.5) is 0 Å². The fraction of sp³-hybridized carbons (Fsp3) is 0.524. The first-order chi connectivity index (χ1) is 10.5. The molecule has 0 amide bonds. The molecule has 1 N–H and O–H groups in total. The summed E-state index contributed by atoms with van der Waals surface area (Å²) >= 11 is 0. The molecule has 0 saturated carbocycles. The zero-order valence-electron chi connectivity index (χ0n) is 14.8. The highest BCUT2D eigenvalue weighted by Crippen LogP contribution is 2.49. The molecule has 1 heteroatoms. The summed E-state index contributed by atoms with van der Waals surface area (Å²) in [7, 11) is 0. The molecule has 0 bridgehead atoms. The van der Waals surface area contributed by atoms with Gasteiger partial charge in [-0.1, -0.05) is 75.8 Å². The van der Waals surface area contributed by atoms with Crippen molar-refractivity contribution in [2.24, 2.45) is 17.3 Å². The molecule has 1 aliphatic rings. The van der Waals surface area contributed by atoms with Crippen molar-refractivity contribution < 1.29 is 0 Å². The SMILES string of the molecule is CCNCC=CC1[C@H](C)CC=C(c2ccc(C)cc2)C1(C)C. The van der Waals surface area contributed by atoms with Crippen LogP contribution in [0.3, 0.4) is 0 Å². The van der Waals surface area contributed by atoms with Crippen molar-refractivity contribution in [3.8, 4) is 0 Å². The smallest absolute Gasteiger partial charge is 0.0134 e. The van der Waals surface area contributed by atoms with Crippen molar-refractivity contribution in [1.29, 1.82) is 0 Å². The van der Waals surface area contributed by atoms with E-state index >= 15 is 0 Å². The lowest BCUT2D eigenvalue weighted by molar-refractivity contribution is 0.251.